The summed E-state index contributed by atoms with van der Waals surface area (Å²) < 4.78 is 13.2. The summed E-state index contributed by atoms with van der Waals surface area (Å²) in [7, 11) is 0. The molecule has 0 spiro atoms. The van der Waals surface area contributed by atoms with Gasteiger partial charge >= 0.3 is 0 Å². The Bertz CT molecular complexity index is 866. The first-order valence-corrected chi connectivity index (χ1v) is 11.6. The minimum absolute atomic E-state index is 0.0589. The molecule has 2 saturated heterocycles. The van der Waals surface area contributed by atoms with Crippen molar-refractivity contribution in [2.75, 3.05) is 45.9 Å². The van der Waals surface area contributed by atoms with E-state index in [9.17, 15) is 4.79 Å². The second-order valence-corrected chi connectivity index (χ2v) is 8.13. The Balaban J connectivity index is 1.35. The Morgan fingerprint density at radius 2 is 2.09 bits per heavy atom. The molecular weight excluding hydrogens is 410 g/mol. The van der Waals surface area contributed by atoms with E-state index in [1.165, 1.54) is 12.7 Å². The molecule has 32 heavy (non-hydrogen) atoms. The summed E-state index contributed by atoms with van der Waals surface area (Å²) in [6.07, 6.45) is 7.73. The zero-order valence-corrected chi connectivity index (χ0v) is 18.8. The summed E-state index contributed by atoms with van der Waals surface area (Å²) in [5, 5.41) is 11.7. The summed E-state index contributed by atoms with van der Waals surface area (Å²) >= 11 is 0. The molecule has 2 aliphatic heterocycles. The molecule has 4 rings (SSSR count). The molecule has 10 nitrogen and oxygen atoms in total. The molecule has 0 aliphatic carbocycles. The lowest BCUT2D eigenvalue weighted by Gasteiger charge is -2.36. The number of aromatic nitrogens is 3. The number of piperazine rings is 1. The summed E-state index contributed by atoms with van der Waals surface area (Å²) in [4.78, 5) is 21.5. The minimum Gasteiger partial charge on any atom is -0.459 e. The van der Waals surface area contributed by atoms with Crippen molar-refractivity contribution in [1.82, 2.24) is 29.9 Å². The van der Waals surface area contributed by atoms with Crippen molar-refractivity contribution in [1.29, 1.82) is 0 Å². The van der Waals surface area contributed by atoms with Crippen molar-refractivity contribution in [2.45, 2.75) is 45.3 Å². The van der Waals surface area contributed by atoms with E-state index in [2.05, 4.69) is 31.9 Å². The maximum atomic E-state index is 12.6. The van der Waals surface area contributed by atoms with Crippen LogP contribution in [0.3, 0.4) is 0 Å². The fourth-order valence-electron chi connectivity index (χ4n) is 4.11. The van der Waals surface area contributed by atoms with Crippen LogP contribution in [0.25, 0.3) is 0 Å². The van der Waals surface area contributed by atoms with Crippen LogP contribution < -0.4 is 5.32 Å². The van der Waals surface area contributed by atoms with Gasteiger partial charge in [-0.15, -0.1) is 10.2 Å². The van der Waals surface area contributed by atoms with Crippen LogP contribution in [0, 0.1) is 0 Å². The molecule has 174 valence electrons. The summed E-state index contributed by atoms with van der Waals surface area (Å²) in [6.45, 7) is 7.75. The van der Waals surface area contributed by atoms with Crippen LogP contribution in [0.5, 0.6) is 0 Å². The van der Waals surface area contributed by atoms with Gasteiger partial charge in [0, 0.05) is 52.3 Å². The molecule has 10 heteroatoms. The molecule has 2 fully saturated rings. The van der Waals surface area contributed by atoms with E-state index in [4.69, 9.17) is 14.1 Å². The Labute approximate surface area is 188 Å². The van der Waals surface area contributed by atoms with Crippen molar-refractivity contribution < 1.29 is 13.9 Å². The molecule has 1 unspecified atom stereocenters. The largest absolute Gasteiger partial charge is 0.459 e. The number of guanidine groups is 1. The van der Waals surface area contributed by atoms with Crippen LogP contribution in [-0.4, -0.2) is 88.4 Å². The molecule has 0 radical (unpaired) electrons. The third kappa shape index (κ3) is 5.67. The van der Waals surface area contributed by atoms with Gasteiger partial charge in [0.15, 0.2) is 11.7 Å². The van der Waals surface area contributed by atoms with Gasteiger partial charge in [-0.1, -0.05) is 6.92 Å². The lowest BCUT2D eigenvalue weighted by Crippen LogP contribution is -2.54. The topological polar surface area (TPSA) is 101 Å². The SMILES string of the molecule is CCc1nncn1CCNC(=NCC1CCCCO1)N1CCN(C(=O)c2ccco2)CC1. The number of furan rings is 1. The maximum Gasteiger partial charge on any atom is 0.289 e. The van der Waals surface area contributed by atoms with Gasteiger partial charge in [-0.3, -0.25) is 9.79 Å². The number of nitrogens with one attached hydrogen (secondary N) is 1. The molecule has 1 N–H and O–H groups in total. The Kier molecular flexibility index (Phi) is 7.76. The standard InChI is InChI=1S/C22H33N7O3/c1-2-20-26-25-17-29(20)9-8-23-22(24-16-18-6-3-4-14-31-18)28-12-10-27(11-13-28)21(30)19-7-5-15-32-19/h5,7,15,17-18H,2-4,6,8-14,16H2,1H3,(H,23,24). The predicted octanol–water partition coefficient (Wildman–Crippen LogP) is 1.41. The van der Waals surface area contributed by atoms with Crippen molar-refractivity contribution in [3.05, 3.63) is 36.3 Å². The fraction of sp³-hybridized carbons (Fsp3) is 0.636. The number of aliphatic imine (C=N–C) groups is 1. The zero-order valence-electron chi connectivity index (χ0n) is 18.8. The van der Waals surface area contributed by atoms with Crippen LogP contribution in [-0.2, 0) is 17.7 Å². The Morgan fingerprint density at radius 1 is 1.25 bits per heavy atom. The minimum atomic E-state index is -0.0589. The van der Waals surface area contributed by atoms with Gasteiger partial charge in [-0.25, -0.2) is 0 Å². The van der Waals surface area contributed by atoms with E-state index < -0.39 is 0 Å². The molecule has 1 atom stereocenters. The van der Waals surface area contributed by atoms with Crippen molar-refractivity contribution in [3.63, 3.8) is 0 Å². The van der Waals surface area contributed by atoms with Gasteiger partial charge in [0.1, 0.15) is 12.2 Å². The van der Waals surface area contributed by atoms with Gasteiger partial charge in [-0.2, -0.15) is 0 Å². The summed E-state index contributed by atoms with van der Waals surface area (Å²) in [5.41, 5.74) is 0. The third-order valence-corrected chi connectivity index (χ3v) is 5.96. The molecule has 0 bridgehead atoms. The first-order valence-electron chi connectivity index (χ1n) is 11.6. The predicted molar refractivity (Wildman–Crippen MR) is 119 cm³/mol. The first kappa shape index (κ1) is 22.3. The zero-order chi connectivity index (χ0) is 22.2. The normalized spacial score (nSPS) is 19.9. The van der Waals surface area contributed by atoms with E-state index in [0.717, 1.165) is 63.8 Å². The Hall–Kier alpha value is -2.88. The number of carbonyl (C=O) groups excluding carboxylic acids is 1. The molecule has 1 amide bonds. The van der Waals surface area contributed by atoms with Gasteiger partial charge in [0.05, 0.1) is 18.9 Å². The maximum absolute atomic E-state index is 12.6. The highest BCUT2D eigenvalue weighted by Gasteiger charge is 2.25. The number of carbonyl (C=O) groups is 1. The smallest absolute Gasteiger partial charge is 0.289 e. The summed E-state index contributed by atoms with van der Waals surface area (Å²) in [6, 6.07) is 3.45. The van der Waals surface area contributed by atoms with Gasteiger partial charge in [-0.05, 0) is 31.4 Å². The van der Waals surface area contributed by atoms with Crippen molar-refractivity contribution >= 4 is 11.9 Å². The van der Waals surface area contributed by atoms with E-state index in [0.29, 0.717) is 25.4 Å². The number of aryl methyl sites for hydroxylation is 1. The van der Waals surface area contributed by atoms with E-state index in [1.807, 2.05) is 4.90 Å². The van der Waals surface area contributed by atoms with Crippen molar-refractivity contribution in [2.24, 2.45) is 4.99 Å². The van der Waals surface area contributed by atoms with E-state index in [-0.39, 0.29) is 12.0 Å². The average molecular weight is 444 g/mol. The number of nitrogens with zero attached hydrogens (tertiary/aromatic N) is 6. The quantitative estimate of drug-likeness (QED) is 0.510. The highest BCUT2D eigenvalue weighted by Crippen LogP contribution is 2.14. The molecule has 0 aromatic carbocycles. The lowest BCUT2D eigenvalue weighted by molar-refractivity contribution is 0.0222. The third-order valence-electron chi connectivity index (χ3n) is 5.96. The van der Waals surface area contributed by atoms with Crippen LogP contribution in [0.2, 0.25) is 0 Å². The lowest BCUT2D eigenvalue weighted by atomic mass is 10.1. The molecule has 2 aliphatic rings. The van der Waals surface area contributed by atoms with Gasteiger partial charge < -0.3 is 28.8 Å². The van der Waals surface area contributed by atoms with Gasteiger partial charge in [0.2, 0.25) is 0 Å². The number of rotatable bonds is 7. The monoisotopic (exact) mass is 443 g/mol. The second kappa shape index (κ2) is 11.1. The average Bonchev–Trinajstić information content (AvgIpc) is 3.54. The fourth-order valence-corrected chi connectivity index (χ4v) is 4.11. The van der Waals surface area contributed by atoms with E-state index in [1.54, 1.807) is 18.5 Å². The first-order chi connectivity index (χ1) is 15.7. The number of amides is 1. The van der Waals surface area contributed by atoms with Crippen LogP contribution in [0.15, 0.2) is 34.1 Å². The van der Waals surface area contributed by atoms with Crippen LogP contribution in [0.1, 0.15) is 42.6 Å². The molecule has 2 aromatic heterocycles. The molecule has 0 saturated carbocycles. The van der Waals surface area contributed by atoms with E-state index >= 15 is 0 Å². The van der Waals surface area contributed by atoms with Crippen LogP contribution in [0.4, 0.5) is 0 Å². The molecule has 4 heterocycles. The highest BCUT2D eigenvalue weighted by molar-refractivity contribution is 5.91. The van der Waals surface area contributed by atoms with Crippen molar-refractivity contribution in [3.8, 4) is 0 Å². The number of hydrogen-bond acceptors (Lipinski definition) is 6. The number of ether oxygens (including phenoxy) is 1. The highest BCUT2D eigenvalue weighted by atomic mass is 16.5. The molecule has 2 aromatic rings. The van der Waals surface area contributed by atoms with Crippen LogP contribution >= 0.6 is 0 Å². The second-order valence-electron chi connectivity index (χ2n) is 8.13. The Morgan fingerprint density at radius 3 is 2.81 bits per heavy atom. The van der Waals surface area contributed by atoms with Gasteiger partial charge in [0.25, 0.3) is 5.91 Å². The molecular formula is C22H33N7O3. The number of hydrogen-bond donors (Lipinski definition) is 1. The summed E-state index contributed by atoms with van der Waals surface area (Å²) in [5.74, 6) is 2.18.